The van der Waals surface area contributed by atoms with Crippen molar-refractivity contribution in [2.45, 2.75) is 19.4 Å². The van der Waals surface area contributed by atoms with Crippen LogP contribution in [0.15, 0.2) is 18.2 Å². The minimum Gasteiger partial charge on any atom is -0.497 e. The predicted octanol–water partition coefficient (Wildman–Crippen LogP) is 1.79. The van der Waals surface area contributed by atoms with E-state index in [2.05, 4.69) is 10.6 Å². The molecule has 1 heterocycles. The van der Waals surface area contributed by atoms with Gasteiger partial charge in [0.25, 0.3) is 0 Å². The highest BCUT2D eigenvalue weighted by Crippen LogP contribution is 2.23. The maximum atomic E-state index is 5.38. The van der Waals surface area contributed by atoms with Crippen LogP contribution >= 0.6 is 0 Å². The molecule has 2 rings (SSSR count). The SMILES string of the molecule is COc1ccc(OC)c(CNCC2CCCNC2)c1. The maximum absolute atomic E-state index is 5.38. The van der Waals surface area contributed by atoms with Crippen LogP contribution in [0.2, 0.25) is 0 Å². The average Bonchev–Trinajstić information content (AvgIpc) is 2.48. The smallest absolute Gasteiger partial charge is 0.123 e. The Bertz CT molecular complexity index is 390. The Morgan fingerprint density at radius 1 is 1.32 bits per heavy atom. The van der Waals surface area contributed by atoms with Gasteiger partial charge in [0.15, 0.2) is 0 Å². The molecule has 1 fully saturated rings. The molecule has 1 aromatic carbocycles. The molecular formula is C15H24N2O2. The Morgan fingerprint density at radius 3 is 2.89 bits per heavy atom. The van der Waals surface area contributed by atoms with Crippen LogP contribution in [-0.4, -0.2) is 33.9 Å². The van der Waals surface area contributed by atoms with E-state index in [0.717, 1.165) is 42.6 Å². The molecule has 1 aliphatic rings. The summed E-state index contributed by atoms with van der Waals surface area (Å²) >= 11 is 0. The van der Waals surface area contributed by atoms with Crippen molar-refractivity contribution < 1.29 is 9.47 Å². The Balaban J connectivity index is 1.86. The highest BCUT2D eigenvalue weighted by molar-refractivity contribution is 5.40. The fourth-order valence-corrected chi connectivity index (χ4v) is 2.53. The summed E-state index contributed by atoms with van der Waals surface area (Å²) in [4.78, 5) is 0. The molecule has 19 heavy (non-hydrogen) atoms. The molecule has 0 spiro atoms. The number of methoxy groups -OCH3 is 2. The maximum Gasteiger partial charge on any atom is 0.123 e. The van der Waals surface area contributed by atoms with E-state index in [4.69, 9.17) is 9.47 Å². The molecule has 0 aliphatic carbocycles. The fraction of sp³-hybridized carbons (Fsp3) is 0.600. The van der Waals surface area contributed by atoms with Crippen LogP contribution in [0, 0.1) is 5.92 Å². The molecule has 1 aromatic rings. The van der Waals surface area contributed by atoms with Gasteiger partial charge < -0.3 is 20.1 Å². The number of rotatable bonds is 6. The Labute approximate surface area is 115 Å². The average molecular weight is 264 g/mol. The summed E-state index contributed by atoms with van der Waals surface area (Å²) in [6, 6.07) is 5.91. The third-order valence-electron chi connectivity index (χ3n) is 3.63. The van der Waals surface area contributed by atoms with Gasteiger partial charge in [0.2, 0.25) is 0 Å². The second kappa shape index (κ2) is 7.36. The summed E-state index contributed by atoms with van der Waals surface area (Å²) in [5.41, 5.74) is 1.14. The van der Waals surface area contributed by atoms with Gasteiger partial charge in [0.1, 0.15) is 11.5 Å². The van der Waals surface area contributed by atoms with Crippen LogP contribution in [0.5, 0.6) is 11.5 Å². The van der Waals surface area contributed by atoms with E-state index < -0.39 is 0 Å². The van der Waals surface area contributed by atoms with Crippen LogP contribution < -0.4 is 20.1 Å². The van der Waals surface area contributed by atoms with E-state index in [9.17, 15) is 0 Å². The summed E-state index contributed by atoms with van der Waals surface area (Å²) in [6.07, 6.45) is 2.60. The van der Waals surface area contributed by atoms with Crippen molar-refractivity contribution in [2.75, 3.05) is 33.9 Å². The van der Waals surface area contributed by atoms with Crippen LogP contribution in [0.1, 0.15) is 18.4 Å². The molecule has 2 N–H and O–H groups in total. The monoisotopic (exact) mass is 264 g/mol. The van der Waals surface area contributed by atoms with Crippen molar-refractivity contribution in [3.8, 4) is 11.5 Å². The first-order valence-electron chi connectivity index (χ1n) is 6.96. The highest BCUT2D eigenvalue weighted by atomic mass is 16.5. The van der Waals surface area contributed by atoms with Crippen molar-refractivity contribution in [3.05, 3.63) is 23.8 Å². The first-order valence-corrected chi connectivity index (χ1v) is 6.96. The molecule has 1 saturated heterocycles. The van der Waals surface area contributed by atoms with E-state index in [1.165, 1.54) is 19.4 Å². The van der Waals surface area contributed by atoms with Crippen LogP contribution in [0.4, 0.5) is 0 Å². The van der Waals surface area contributed by atoms with Gasteiger partial charge in [-0.15, -0.1) is 0 Å². The minimum atomic E-state index is 0.741. The number of nitrogens with one attached hydrogen (secondary N) is 2. The molecule has 0 aromatic heterocycles. The first kappa shape index (κ1) is 14.2. The minimum absolute atomic E-state index is 0.741. The van der Waals surface area contributed by atoms with E-state index in [0.29, 0.717) is 0 Å². The molecule has 1 aliphatic heterocycles. The largest absolute Gasteiger partial charge is 0.497 e. The molecule has 1 atom stereocenters. The van der Waals surface area contributed by atoms with Crippen LogP contribution in [0.25, 0.3) is 0 Å². The summed E-state index contributed by atoms with van der Waals surface area (Å²) in [7, 11) is 3.39. The van der Waals surface area contributed by atoms with Gasteiger partial charge in [0, 0.05) is 12.1 Å². The van der Waals surface area contributed by atoms with Gasteiger partial charge in [-0.3, -0.25) is 0 Å². The topological polar surface area (TPSA) is 42.5 Å². The molecule has 0 saturated carbocycles. The quantitative estimate of drug-likeness (QED) is 0.822. The van der Waals surface area contributed by atoms with Crippen molar-refractivity contribution in [1.29, 1.82) is 0 Å². The Kier molecular flexibility index (Phi) is 5.48. The number of hydrogen-bond acceptors (Lipinski definition) is 4. The van der Waals surface area contributed by atoms with Gasteiger partial charge in [-0.05, 0) is 56.6 Å². The lowest BCUT2D eigenvalue weighted by Crippen LogP contribution is -2.35. The Hall–Kier alpha value is -1.26. The lowest BCUT2D eigenvalue weighted by Gasteiger charge is -2.23. The molecule has 0 bridgehead atoms. The molecule has 4 nitrogen and oxygen atoms in total. The Morgan fingerprint density at radius 2 is 2.21 bits per heavy atom. The summed E-state index contributed by atoms with van der Waals surface area (Å²) < 4.78 is 10.6. The molecular weight excluding hydrogens is 240 g/mol. The molecule has 0 amide bonds. The summed E-state index contributed by atoms with van der Waals surface area (Å²) in [5.74, 6) is 2.53. The predicted molar refractivity (Wildman–Crippen MR) is 76.8 cm³/mol. The third-order valence-corrected chi connectivity index (χ3v) is 3.63. The first-order chi connectivity index (χ1) is 9.33. The lowest BCUT2D eigenvalue weighted by molar-refractivity contribution is 0.356. The van der Waals surface area contributed by atoms with Gasteiger partial charge in [-0.25, -0.2) is 0 Å². The highest BCUT2D eigenvalue weighted by Gasteiger charge is 2.12. The van der Waals surface area contributed by atoms with Gasteiger partial charge in [-0.1, -0.05) is 0 Å². The van der Waals surface area contributed by atoms with Crippen molar-refractivity contribution in [2.24, 2.45) is 5.92 Å². The van der Waals surface area contributed by atoms with Crippen LogP contribution in [-0.2, 0) is 6.54 Å². The number of benzene rings is 1. The van der Waals surface area contributed by atoms with Gasteiger partial charge in [0.05, 0.1) is 14.2 Å². The zero-order chi connectivity index (χ0) is 13.5. The zero-order valence-corrected chi connectivity index (χ0v) is 11.9. The standard InChI is InChI=1S/C15H24N2O2/c1-18-14-5-6-15(19-2)13(8-14)11-17-10-12-4-3-7-16-9-12/h5-6,8,12,16-17H,3-4,7,9-11H2,1-2H3. The lowest BCUT2D eigenvalue weighted by atomic mass is 10.00. The van der Waals surface area contributed by atoms with Crippen molar-refractivity contribution in [3.63, 3.8) is 0 Å². The second-order valence-corrected chi connectivity index (χ2v) is 5.02. The molecule has 0 radical (unpaired) electrons. The third kappa shape index (κ3) is 4.11. The molecule has 4 heteroatoms. The second-order valence-electron chi connectivity index (χ2n) is 5.02. The number of ether oxygens (including phenoxy) is 2. The van der Waals surface area contributed by atoms with Gasteiger partial charge >= 0.3 is 0 Å². The normalized spacial score (nSPS) is 19.2. The van der Waals surface area contributed by atoms with Crippen molar-refractivity contribution >= 4 is 0 Å². The molecule has 1 unspecified atom stereocenters. The van der Waals surface area contributed by atoms with Crippen molar-refractivity contribution in [1.82, 2.24) is 10.6 Å². The van der Waals surface area contributed by atoms with Gasteiger partial charge in [-0.2, -0.15) is 0 Å². The summed E-state index contributed by atoms with van der Waals surface area (Å²) in [6.45, 7) is 4.16. The van der Waals surface area contributed by atoms with Crippen LogP contribution in [0.3, 0.4) is 0 Å². The number of hydrogen-bond donors (Lipinski definition) is 2. The fourth-order valence-electron chi connectivity index (χ4n) is 2.53. The number of piperidine rings is 1. The van der Waals surface area contributed by atoms with E-state index in [-0.39, 0.29) is 0 Å². The van der Waals surface area contributed by atoms with E-state index in [1.54, 1.807) is 14.2 Å². The summed E-state index contributed by atoms with van der Waals surface area (Å²) in [5, 5.41) is 6.96. The molecule has 106 valence electrons. The zero-order valence-electron chi connectivity index (χ0n) is 11.9. The van der Waals surface area contributed by atoms with E-state index >= 15 is 0 Å². The van der Waals surface area contributed by atoms with E-state index in [1.807, 2.05) is 18.2 Å².